The number of amides is 1. The van der Waals surface area contributed by atoms with Gasteiger partial charge in [0, 0.05) is 30.7 Å². The van der Waals surface area contributed by atoms with Crippen LogP contribution in [-0.2, 0) is 16.4 Å². The first-order chi connectivity index (χ1) is 13.3. The SMILES string of the molecule is O=C(O)NCCc1cc(-c2cc(F)ccc2F)n(S(=O)(=O)c2cccnc2)c1. The maximum absolute atomic E-state index is 14.3. The van der Waals surface area contributed by atoms with Gasteiger partial charge in [0.25, 0.3) is 10.0 Å². The summed E-state index contributed by atoms with van der Waals surface area (Å²) >= 11 is 0. The fourth-order valence-corrected chi connectivity index (χ4v) is 4.01. The lowest BCUT2D eigenvalue weighted by Crippen LogP contribution is -2.23. The summed E-state index contributed by atoms with van der Waals surface area (Å²) in [5.74, 6) is -1.52. The van der Waals surface area contributed by atoms with Gasteiger partial charge in [0.05, 0.1) is 5.69 Å². The van der Waals surface area contributed by atoms with Crippen LogP contribution in [0.25, 0.3) is 11.3 Å². The quantitative estimate of drug-likeness (QED) is 0.654. The second kappa shape index (κ2) is 7.77. The third-order valence-electron chi connectivity index (χ3n) is 3.93. The Kier molecular flexibility index (Phi) is 5.41. The maximum Gasteiger partial charge on any atom is 0.404 e. The van der Waals surface area contributed by atoms with Gasteiger partial charge in [-0.3, -0.25) is 4.98 Å². The zero-order chi connectivity index (χ0) is 20.3. The van der Waals surface area contributed by atoms with E-state index in [1.807, 2.05) is 0 Å². The Morgan fingerprint density at radius 3 is 2.68 bits per heavy atom. The van der Waals surface area contributed by atoms with Gasteiger partial charge in [-0.1, -0.05) is 0 Å². The minimum atomic E-state index is -4.14. The number of nitrogens with one attached hydrogen (secondary N) is 1. The molecule has 0 fully saturated rings. The second-order valence-corrected chi connectivity index (χ2v) is 7.64. The zero-order valence-electron chi connectivity index (χ0n) is 14.3. The van der Waals surface area contributed by atoms with Gasteiger partial charge >= 0.3 is 6.09 Å². The molecule has 2 N–H and O–H groups in total. The summed E-state index contributed by atoms with van der Waals surface area (Å²) in [5.41, 5.74) is 0.121. The van der Waals surface area contributed by atoms with E-state index in [0.717, 1.165) is 28.4 Å². The first-order valence-electron chi connectivity index (χ1n) is 8.08. The Labute approximate surface area is 159 Å². The number of carbonyl (C=O) groups is 1. The first-order valence-corrected chi connectivity index (χ1v) is 9.52. The zero-order valence-corrected chi connectivity index (χ0v) is 15.2. The monoisotopic (exact) mass is 407 g/mol. The normalized spacial score (nSPS) is 11.4. The molecule has 0 aliphatic carbocycles. The van der Waals surface area contributed by atoms with Crippen LogP contribution in [-0.4, -0.2) is 35.1 Å². The van der Waals surface area contributed by atoms with E-state index in [0.29, 0.717) is 5.56 Å². The number of hydrogen-bond donors (Lipinski definition) is 2. The average molecular weight is 407 g/mol. The molecule has 0 atom stereocenters. The van der Waals surface area contributed by atoms with Crippen molar-refractivity contribution in [3.8, 4) is 11.3 Å². The molecule has 2 aromatic heterocycles. The smallest absolute Gasteiger partial charge is 0.404 e. The molecule has 2 heterocycles. The Bertz CT molecular complexity index is 1120. The van der Waals surface area contributed by atoms with Gasteiger partial charge < -0.3 is 10.4 Å². The van der Waals surface area contributed by atoms with Crippen molar-refractivity contribution >= 4 is 16.1 Å². The molecular formula is C18H15F2N3O4S. The number of rotatable bonds is 6. The highest BCUT2D eigenvalue weighted by Gasteiger charge is 2.23. The van der Waals surface area contributed by atoms with E-state index < -0.39 is 27.8 Å². The fraction of sp³-hybridized carbons (Fsp3) is 0.111. The van der Waals surface area contributed by atoms with Crippen LogP contribution in [0.15, 0.2) is 59.9 Å². The Hall–Kier alpha value is -3.27. The summed E-state index contributed by atoms with van der Waals surface area (Å²) < 4.78 is 54.9. The maximum atomic E-state index is 14.3. The fourth-order valence-electron chi connectivity index (χ4n) is 2.65. The van der Waals surface area contributed by atoms with Gasteiger partial charge in [0.1, 0.15) is 16.5 Å². The third kappa shape index (κ3) is 4.01. The number of pyridine rings is 1. The molecule has 7 nitrogen and oxygen atoms in total. The third-order valence-corrected chi connectivity index (χ3v) is 5.59. The van der Waals surface area contributed by atoms with E-state index in [4.69, 9.17) is 5.11 Å². The summed E-state index contributed by atoms with van der Waals surface area (Å²) in [6.45, 7) is 0.0252. The standard InChI is InChI=1S/C18H15F2N3O4S/c19-13-3-4-16(20)15(9-13)17-8-12(5-7-22-18(24)25)11-23(17)28(26,27)14-2-1-6-21-10-14/h1-4,6,8-11,22H,5,7H2,(H,24,25). The molecule has 0 saturated heterocycles. The van der Waals surface area contributed by atoms with Crippen LogP contribution in [0.5, 0.6) is 0 Å². The van der Waals surface area contributed by atoms with Crippen molar-refractivity contribution in [1.82, 2.24) is 14.3 Å². The van der Waals surface area contributed by atoms with Crippen LogP contribution >= 0.6 is 0 Å². The van der Waals surface area contributed by atoms with E-state index in [-0.39, 0.29) is 29.1 Å². The van der Waals surface area contributed by atoms with E-state index in [1.54, 1.807) is 0 Å². The topological polar surface area (TPSA) is 101 Å². The summed E-state index contributed by atoms with van der Waals surface area (Å²) in [4.78, 5) is 14.3. The first kappa shape index (κ1) is 19.5. The highest BCUT2D eigenvalue weighted by Crippen LogP contribution is 2.29. The number of hydrogen-bond acceptors (Lipinski definition) is 4. The summed E-state index contributed by atoms with van der Waals surface area (Å²) in [6.07, 6.45) is 2.74. The second-order valence-electron chi connectivity index (χ2n) is 5.83. The Morgan fingerprint density at radius 2 is 2.00 bits per heavy atom. The predicted octanol–water partition coefficient (Wildman–Crippen LogP) is 2.88. The van der Waals surface area contributed by atoms with Gasteiger partial charge in [-0.05, 0) is 48.4 Å². The molecular weight excluding hydrogens is 392 g/mol. The van der Waals surface area contributed by atoms with Crippen LogP contribution in [0.3, 0.4) is 0 Å². The highest BCUT2D eigenvalue weighted by molar-refractivity contribution is 7.90. The number of halogens is 2. The molecule has 0 radical (unpaired) electrons. The minimum absolute atomic E-state index is 0.0252. The van der Waals surface area contributed by atoms with Gasteiger partial charge in [-0.15, -0.1) is 0 Å². The molecule has 3 rings (SSSR count). The molecule has 0 saturated carbocycles. The molecule has 0 bridgehead atoms. The summed E-state index contributed by atoms with van der Waals surface area (Å²) in [5, 5.41) is 10.8. The van der Waals surface area contributed by atoms with Gasteiger partial charge in [-0.2, -0.15) is 0 Å². The van der Waals surface area contributed by atoms with Crippen LogP contribution in [0, 0.1) is 11.6 Å². The minimum Gasteiger partial charge on any atom is -0.465 e. The van der Waals surface area contributed by atoms with Crippen LogP contribution in [0.1, 0.15) is 5.56 Å². The van der Waals surface area contributed by atoms with Crippen molar-refractivity contribution in [2.75, 3.05) is 6.54 Å². The molecule has 3 aromatic rings. The van der Waals surface area contributed by atoms with Crippen LogP contribution in [0.2, 0.25) is 0 Å². The highest BCUT2D eigenvalue weighted by atomic mass is 32.2. The molecule has 0 aliphatic heterocycles. The summed E-state index contributed by atoms with van der Waals surface area (Å²) in [7, 11) is -4.14. The molecule has 146 valence electrons. The molecule has 0 unspecified atom stereocenters. The number of aromatic nitrogens is 2. The van der Waals surface area contributed by atoms with Crippen molar-refractivity contribution in [2.45, 2.75) is 11.3 Å². The van der Waals surface area contributed by atoms with E-state index >= 15 is 0 Å². The molecule has 28 heavy (non-hydrogen) atoms. The average Bonchev–Trinajstić information content (AvgIpc) is 3.09. The molecule has 10 heteroatoms. The van der Waals surface area contributed by atoms with Crippen LogP contribution in [0.4, 0.5) is 13.6 Å². The molecule has 1 amide bonds. The molecule has 1 aromatic carbocycles. The van der Waals surface area contributed by atoms with Gasteiger partial charge in [0.15, 0.2) is 0 Å². The van der Waals surface area contributed by atoms with E-state index in [2.05, 4.69) is 10.3 Å². The molecule has 0 aliphatic rings. The van der Waals surface area contributed by atoms with E-state index in [1.165, 1.54) is 30.6 Å². The lowest BCUT2D eigenvalue weighted by Gasteiger charge is -2.11. The van der Waals surface area contributed by atoms with E-state index in [9.17, 15) is 22.0 Å². The van der Waals surface area contributed by atoms with Gasteiger partial charge in [-0.25, -0.2) is 26.0 Å². The lowest BCUT2D eigenvalue weighted by molar-refractivity contribution is 0.194. The lowest BCUT2D eigenvalue weighted by atomic mass is 10.1. The Balaban J connectivity index is 2.13. The van der Waals surface area contributed by atoms with Crippen molar-refractivity contribution in [1.29, 1.82) is 0 Å². The van der Waals surface area contributed by atoms with Crippen LogP contribution < -0.4 is 5.32 Å². The number of nitrogens with zero attached hydrogens (tertiary/aromatic N) is 2. The van der Waals surface area contributed by atoms with Gasteiger partial charge in [0.2, 0.25) is 0 Å². The number of benzene rings is 1. The molecule has 0 spiro atoms. The van der Waals surface area contributed by atoms with Crippen molar-refractivity contribution < 1.29 is 27.1 Å². The Morgan fingerprint density at radius 1 is 1.21 bits per heavy atom. The largest absolute Gasteiger partial charge is 0.465 e. The van der Waals surface area contributed by atoms with Crippen molar-refractivity contribution in [3.05, 3.63) is 72.2 Å². The number of carboxylic acid groups (broad SMARTS) is 1. The predicted molar refractivity (Wildman–Crippen MR) is 96.3 cm³/mol. The van der Waals surface area contributed by atoms with Crippen molar-refractivity contribution in [2.24, 2.45) is 0 Å². The summed E-state index contributed by atoms with van der Waals surface area (Å²) in [6, 6.07) is 6.90. The van der Waals surface area contributed by atoms with Crippen molar-refractivity contribution in [3.63, 3.8) is 0 Å².